The van der Waals surface area contributed by atoms with Gasteiger partial charge in [0.05, 0.1) is 12.3 Å². The molecule has 0 aliphatic carbocycles. The zero-order valence-electron chi connectivity index (χ0n) is 15.3. The Balaban J connectivity index is 2.02. The SMILES string of the molecule is Cc1c(NCCO)c(N2CCN(C(=O)OC(C)(C)C)CC2)nn1C. The van der Waals surface area contributed by atoms with Crippen LogP contribution in [0.25, 0.3) is 0 Å². The number of nitrogens with one attached hydrogen (secondary N) is 1. The molecule has 0 atom stereocenters. The molecule has 1 amide bonds. The van der Waals surface area contributed by atoms with Gasteiger partial charge in [0.15, 0.2) is 5.82 Å². The number of rotatable bonds is 4. The second-order valence-corrected chi connectivity index (χ2v) is 7.01. The molecular weight excluding hydrogens is 310 g/mol. The number of aliphatic hydroxyl groups excluding tert-OH is 1. The minimum Gasteiger partial charge on any atom is -0.444 e. The van der Waals surface area contributed by atoms with E-state index in [0.717, 1.165) is 17.2 Å². The third-order valence-electron chi connectivity index (χ3n) is 3.96. The molecule has 1 aliphatic rings. The van der Waals surface area contributed by atoms with Crippen molar-refractivity contribution in [3.05, 3.63) is 5.69 Å². The molecule has 0 saturated carbocycles. The Morgan fingerprint density at radius 2 is 1.92 bits per heavy atom. The number of anilines is 2. The summed E-state index contributed by atoms with van der Waals surface area (Å²) < 4.78 is 7.26. The lowest BCUT2D eigenvalue weighted by Gasteiger charge is -2.36. The number of aromatic nitrogens is 2. The molecule has 2 rings (SSSR count). The molecule has 0 bridgehead atoms. The Labute approximate surface area is 143 Å². The van der Waals surface area contributed by atoms with Crippen LogP contribution in [0, 0.1) is 6.92 Å². The Bertz CT molecular complexity index is 571. The fourth-order valence-electron chi connectivity index (χ4n) is 2.63. The number of carbonyl (C=O) groups is 1. The van der Waals surface area contributed by atoms with Gasteiger partial charge in [-0.1, -0.05) is 0 Å². The predicted molar refractivity (Wildman–Crippen MR) is 93.5 cm³/mol. The number of hydrogen-bond donors (Lipinski definition) is 2. The van der Waals surface area contributed by atoms with Gasteiger partial charge in [0.1, 0.15) is 11.3 Å². The molecule has 24 heavy (non-hydrogen) atoms. The third-order valence-corrected chi connectivity index (χ3v) is 3.96. The van der Waals surface area contributed by atoms with E-state index in [0.29, 0.717) is 32.7 Å². The normalized spacial score (nSPS) is 15.6. The quantitative estimate of drug-likeness (QED) is 0.857. The van der Waals surface area contributed by atoms with Gasteiger partial charge in [-0.25, -0.2) is 4.79 Å². The van der Waals surface area contributed by atoms with Crippen LogP contribution >= 0.6 is 0 Å². The van der Waals surface area contributed by atoms with Gasteiger partial charge in [-0.2, -0.15) is 5.10 Å². The van der Waals surface area contributed by atoms with Gasteiger partial charge >= 0.3 is 6.09 Å². The highest BCUT2D eigenvalue weighted by Crippen LogP contribution is 2.28. The zero-order valence-corrected chi connectivity index (χ0v) is 15.3. The maximum absolute atomic E-state index is 12.1. The van der Waals surface area contributed by atoms with E-state index in [1.807, 2.05) is 39.4 Å². The summed E-state index contributed by atoms with van der Waals surface area (Å²) in [7, 11) is 1.90. The Morgan fingerprint density at radius 1 is 1.29 bits per heavy atom. The van der Waals surface area contributed by atoms with Gasteiger partial charge in [-0.3, -0.25) is 4.68 Å². The molecule has 1 aliphatic heterocycles. The predicted octanol–water partition coefficient (Wildman–Crippen LogP) is 1.19. The smallest absolute Gasteiger partial charge is 0.410 e. The summed E-state index contributed by atoms with van der Waals surface area (Å²) in [6.45, 7) is 10.8. The first-order valence-corrected chi connectivity index (χ1v) is 8.34. The molecule has 1 fully saturated rings. The summed E-state index contributed by atoms with van der Waals surface area (Å²) in [5.74, 6) is 0.868. The lowest BCUT2D eigenvalue weighted by molar-refractivity contribution is 0.0240. The Morgan fingerprint density at radius 3 is 2.46 bits per heavy atom. The van der Waals surface area contributed by atoms with Gasteiger partial charge in [-0.05, 0) is 27.7 Å². The fourth-order valence-corrected chi connectivity index (χ4v) is 2.63. The monoisotopic (exact) mass is 339 g/mol. The van der Waals surface area contributed by atoms with Gasteiger partial charge in [-0.15, -0.1) is 0 Å². The van der Waals surface area contributed by atoms with E-state index < -0.39 is 5.60 Å². The molecule has 0 radical (unpaired) electrons. The molecule has 8 nitrogen and oxygen atoms in total. The zero-order chi connectivity index (χ0) is 17.9. The van der Waals surface area contributed by atoms with E-state index in [1.54, 1.807) is 4.90 Å². The van der Waals surface area contributed by atoms with Crippen LogP contribution in [0.5, 0.6) is 0 Å². The Kier molecular flexibility index (Phi) is 5.58. The van der Waals surface area contributed by atoms with E-state index in [-0.39, 0.29) is 12.7 Å². The van der Waals surface area contributed by atoms with E-state index in [4.69, 9.17) is 9.84 Å². The second kappa shape index (κ2) is 7.29. The molecule has 8 heteroatoms. The van der Waals surface area contributed by atoms with Crippen LogP contribution in [0.2, 0.25) is 0 Å². The average molecular weight is 339 g/mol. The highest BCUT2D eigenvalue weighted by molar-refractivity contribution is 5.71. The molecule has 1 aromatic heterocycles. The highest BCUT2D eigenvalue weighted by atomic mass is 16.6. The highest BCUT2D eigenvalue weighted by Gasteiger charge is 2.28. The maximum atomic E-state index is 12.1. The van der Waals surface area contributed by atoms with Crippen molar-refractivity contribution in [3.63, 3.8) is 0 Å². The number of ether oxygens (including phenoxy) is 1. The van der Waals surface area contributed by atoms with Gasteiger partial charge in [0, 0.05) is 39.8 Å². The molecule has 2 heterocycles. The largest absolute Gasteiger partial charge is 0.444 e. The van der Waals surface area contributed by atoms with Crippen LogP contribution in [0.3, 0.4) is 0 Å². The third kappa shape index (κ3) is 4.31. The van der Waals surface area contributed by atoms with Crippen molar-refractivity contribution in [2.24, 2.45) is 7.05 Å². The van der Waals surface area contributed by atoms with E-state index >= 15 is 0 Å². The molecule has 0 unspecified atom stereocenters. The Hall–Kier alpha value is -1.96. The summed E-state index contributed by atoms with van der Waals surface area (Å²) in [5, 5.41) is 16.9. The van der Waals surface area contributed by atoms with Gasteiger partial charge in [0.25, 0.3) is 0 Å². The summed E-state index contributed by atoms with van der Waals surface area (Å²) in [6.07, 6.45) is -0.266. The summed E-state index contributed by atoms with van der Waals surface area (Å²) >= 11 is 0. The van der Waals surface area contributed by atoms with Crippen LogP contribution < -0.4 is 10.2 Å². The minimum atomic E-state index is -0.478. The topological polar surface area (TPSA) is 82.9 Å². The van der Waals surface area contributed by atoms with Crippen molar-refractivity contribution in [3.8, 4) is 0 Å². The number of aryl methyl sites for hydroxylation is 1. The van der Waals surface area contributed by atoms with Crippen LogP contribution in [-0.4, -0.2) is 70.8 Å². The first-order chi connectivity index (χ1) is 11.2. The number of carbonyl (C=O) groups excluding carboxylic acids is 1. The van der Waals surface area contributed by atoms with Gasteiger partial charge < -0.3 is 25.0 Å². The fraction of sp³-hybridized carbons (Fsp3) is 0.750. The summed E-state index contributed by atoms with van der Waals surface area (Å²) in [6, 6.07) is 0. The molecular formula is C16H29N5O3. The van der Waals surface area contributed by atoms with Crippen LogP contribution in [0.4, 0.5) is 16.3 Å². The summed E-state index contributed by atoms with van der Waals surface area (Å²) in [5.41, 5.74) is 1.48. The molecule has 1 aromatic rings. The van der Waals surface area contributed by atoms with E-state index in [2.05, 4.69) is 15.3 Å². The molecule has 0 aromatic carbocycles. The van der Waals surface area contributed by atoms with Crippen molar-refractivity contribution in [1.82, 2.24) is 14.7 Å². The van der Waals surface area contributed by atoms with Crippen LogP contribution in [0.1, 0.15) is 26.5 Å². The molecule has 136 valence electrons. The van der Waals surface area contributed by atoms with E-state index in [1.165, 1.54) is 0 Å². The van der Waals surface area contributed by atoms with Crippen molar-refractivity contribution in [2.45, 2.75) is 33.3 Å². The number of hydrogen-bond acceptors (Lipinski definition) is 6. The van der Waals surface area contributed by atoms with Gasteiger partial charge in [0.2, 0.25) is 0 Å². The van der Waals surface area contributed by atoms with Crippen LogP contribution in [-0.2, 0) is 11.8 Å². The number of piperazine rings is 1. The molecule has 1 saturated heterocycles. The van der Waals surface area contributed by atoms with Crippen molar-refractivity contribution >= 4 is 17.6 Å². The van der Waals surface area contributed by atoms with Crippen LogP contribution in [0.15, 0.2) is 0 Å². The summed E-state index contributed by atoms with van der Waals surface area (Å²) in [4.78, 5) is 16.0. The number of nitrogens with zero attached hydrogens (tertiary/aromatic N) is 4. The number of amides is 1. The molecule has 0 spiro atoms. The average Bonchev–Trinajstić information content (AvgIpc) is 2.79. The maximum Gasteiger partial charge on any atom is 0.410 e. The first-order valence-electron chi connectivity index (χ1n) is 8.34. The molecule has 2 N–H and O–H groups in total. The second-order valence-electron chi connectivity index (χ2n) is 7.01. The number of aliphatic hydroxyl groups is 1. The van der Waals surface area contributed by atoms with E-state index in [9.17, 15) is 4.79 Å². The lowest BCUT2D eigenvalue weighted by Crippen LogP contribution is -2.50. The lowest BCUT2D eigenvalue weighted by atomic mass is 10.2. The minimum absolute atomic E-state index is 0.0696. The standard InChI is InChI=1S/C16H29N5O3/c1-12-13(17-6-11-22)14(18-19(12)5)20-7-9-21(10-8-20)15(23)24-16(2,3)4/h17,22H,6-11H2,1-5H3. The van der Waals surface area contributed by atoms with Crippen molar-refractivity contribution < 1.29 is 14.6 Å². The van der Waals surface area contributed by atoms with Crippen molar-refractivity contribution in [2.75, 3.05) is 49.5 Å². The van der Waals surface area contributed by atoms with Crippen molar-refractivity contribution in [1.29, 1.82) is 0 Å². The first kappa shape index (κ1) is 18.4.